The van der Waals surface area contributed by atoms with Crippen molar-refractivity contribution in [1.29, 1.82) is 0 Å². The topological polar surface area (TPSA) is 39.2 Å². The first-order chi connectivity index (χ1) is 10.1. The average Bonchev–Trinajstić information content (AvgIpc) is 2.76. The lowest BCUT2D eigenvalue weighted by molar-refractivity contribution is 0.104. The fraction of sp³-hybridized carbons (Fsp3) is 0.222. The number of fused-ring (bicyclic) bond motifs is 1. The molecule has 1 aromatic heterocycles. The monoisotopic (exact) mass is 279 g/mol. The Labute approximate surface area is 124 Å². The van der Waals surface area contributed by atoms with Crippen LogP contribution in [0.15, 0.2) is 48.3 Å². The van der Waals surface area contributed by atoms with Gasteiger partial charge in [-0.3, -0.25) is 9.78 Å². The van der Waals surface area contributed by atoms with E-state index < -0.39 is 0 Å². The number of pyridine rings is 1. The van der Waals surface area contributed by atoms with Gasteiger partial charge in [-0.15, -0.1) is 0 Å². The predicted molar refractivity (Wildman–Crippen MR) is 82.5 cm³/mol. The third-order valence-electron chi connectivity index (χ3n) is 3.42. The summed E-state index contributed by atoms with van der Waals surface area (Å²) in [5, 5.41) is 0. The van der Waals surface area contributed by atoms with Crippen LogP contribution in [0.25, 0.3) is 6.08 Å². The summed E-state index contributed by atoms with van der Waals surface area (Å²) in [6.07, 6.45) is 6.18. The highest BCUT2D eigenvalue weighted by Gasteiger charge is 2.25. The second-order valence-corrected chi connectivity index (χ2v) is 5.44. The molecule has 0 bridgehead atoms. The SMILES string of the molecule is CC(C)Oc1ccc2c(c1)C(=O)/C(=C/c1ccncc1)C2. The number of Topliss-reactive ketones (excluding diaryl/α,β-unsaturated/α-hetero) is 1. The molecule has 1 aliphatic rings. The zero-order chi connectivity index (χ0) is 14.8. The smallest absolute Gasteiger partial charge is 0.189 e. The Bertz CT molecular complexity index is 702. The van der Waals surface area contributed by atoms with Crippen molar-refractivity contribution in [3.63, 3.8) is 0 Å². The van der Waals surface area contributed by atoms with Gasteiger partial charge in [0, 0.05) is 30.0 Å². The molecule has 0 radical (unpaired) electrons. The van der Waals surface area contributed by atoms with Gasteiger partial charge in [-0.05, 0) is 55.3 Å². The maximum atomic E-state index is 12.5. The minimum atomic E-state index is 0.0935. The molecule has 1 aliphatic carbocycles. The Hall–Kier alpha value is -2.42. The van der Waals surface area contributed by atoms with E-state index in [9.17, 15) is 4.79 Å². The molecule has 0 spiro atoms. The number of benzene rings is 1. The maximum Gasteiger partial charge on any atom is 0.189 e. The molecule has 2 aromatic rings. The maximum absolute atomic E-state index is 12.5. The summed E-state index contributed by atoms with van der Waals surface area (Å²) in [7, 11) is 0. The summed E-state index contributed by atoms with van der Waals surface area (Å²) in [4.78, 5) is 16.5. The predicted octanol–water partition coefficient (Wildman–Crippen LogP) is 3.69. The summed E-state index contributed by atoms with van der Waals surface area (Å²) in [5.74, 6) is 0.846. The molecule has 0 aliphatic heterocycles. The first kappa shape index (κ1) is 13.6. The Morgan fingerprint density at radius 2 is 1.95 bits per heavy atom. The molecule has 0 unspecified atom stereocenters. The van der Waals surface area contributed by atoms with Crippen LogP contribution in [-0.2, 0) is 6.42 Å². The van der Waals surface area contributed by atoms with Crippen LogP contribution in [0.5, 0.6) is 5.75 Å². The Morgan fingerprint density at radius 3 is 2.67 bits per heavy atom. The largest absolute Gasteiger partial charge is 0.491 e. The molecule has 0 saturated carbocycles. The zero-order valence-corrected chi connectivity index (χ0v) is 12.2. The van der Waals surface area contributed by atoms with Gasteiger partial charge in [0.15, 0.2) is 5.78 Å². The van der Waals surface area contributed by atoms with Gasteiger partial charge in [0.05, 0.1) is 6.10 Å². The summed E-state index contributed by atoms with van der Waals surface area (Å²) >= 11 is 0. The fourth-order valence-corrected chi connectivity index (χ4v) is 2.50. The van der Waals surface area contributed by atoms with E-state index in [2.05, 4.69) is 4.98 Å². The van der Waals surface area contributed by atoms with Crippen molar-refractivity contribution in [3.05, 3.63) is 65.0 Å². The van der Waals surface area contributed by atoms with E-state index in [1.807, 2.05) is 50.3 Å². The van der Waals surface area contributed by atoms with Gasteiger partial charge < -0.3 is 4.74 Å². The molecular formula is C18H17NO2. The first-order valence-corrected chi connectivity index (χ1v) is 7.08. The zero-order valence-electron chi connectivity index (χ0n) is 12.2. The Kier molecular flexibility index (Phi) is 3.57. The Morgan fingerprint density at radius 1 is 1.19 bits per heavy atom. The van der Waals surface area contributed by atoms with Crippen molar-refractivity contribution >= 4 is 11.9 Å². The molecule has 3 nitrogen and oxygen atoms in total. The highest BCUT2D eigenvalue weighted by atomic mass is 16.5. The van der Waals surface area contributed by atoms with Gasteiger partial charge in [-0.2, -0.15) is 0 Å². The molecule has 0 N–H and O–H groups in total. The molecule has 3 heteroatoms. The number of aromatic nitrogens is 1. The van der Waals surface area contributed by atoms with Gasteiger partial charge in [0.25, 0.3) is 0 Å². The van der Waals surface area contributed by atoms with Crippen LogP contribution in [0.4, 0.5) is 0 Å². The van der Waals surface area contributed by atoms with Crippen LogP contribution in [0, 0.1) is 0 Å². The van der Waals surface area contributed by atoms with E-state index in [0.29, 0.717) is 6.42 Å². The number of carbonyl (C=O) groups is 1. The number of ketones is 1. The molecule has 0 amide bonds. The van der Waals surface area contributed by atoms with E-state index in [0.717, 1.165) is 28.0 Å². The van der Waals surface area contributed by atoms with E-state index in [4.69, 9.17) is 4.74 Å². The standard InChI is InChI=1S/C18H17NO2/c1-12(2)21-16-4-3-14-10-15(18(20)17(14)11-16)9-13-5-7-19-8-6-13/h3-9,11-12H,10H2,1-2H3/b15-9+. The third kappa shape index (κ3) is 2.87. The van der Waals surface area contributed by atoms with Crippen molar-refractivity contribution in [2.24, 2.45) is 0 Å². The van der Waals surface area contributed by atoms with Gasteiger partial charge in [-0.1, -0.05) is 6.07 Å². The molecule has 0 saturated heterocycles. The molecule has 21 heavy (non-hydrogen) atoms. The third-order valence-corrected chi connectivity index (χ3v) is 3.42. The van der Waals surface area contributed by atoms with Crippen molar-refractivity contribution in [2.75, 3.05) is 0 Å². The molecule has 1 heterocycles. The van der Waals surface area contributed by atoms with Crippen molar-refractivity contribution in [1.82, 2.24) is 4.98 Å². The number of hydrogen-bond acceptors (Lipinski definition) is 3. The summed E-state index contributed by atoms with van der Waals surface area (Å²) in [6.45, 7) is 3.95. The van der Waals surface area contributed by atoms with Crippen LogP contribution in [0.3, 0.4) is 0 Å². The van der Waals surface area contributed by atoms with Gasteiger partial charge in [0.1, 0.15) is 5.75 Å². The van der Waals surface area contributed by atoms with E-state index in [1.165, 1.54) is 0 Å². The molecule has 3 rings (SSSR count). The van der Waals surface area contributed by atoms with Gasteiger partial charge in [0.2, 0.25) is 0 Å². The lowest BCUT2D eigenvalue weighted by Gasteiger charge is -2.10. The van der Waals surface area contributed by atoms with Gasteiger partial charge in [-0.25, -0.2) is 0 Å². The number of rotatable bonds is 3. The van der Waals surface area contributed by atoms with Crippen LogP contribution in [-0.4, -0.2) is 16.9 Å². The van der Waals surface area contributed by atoms with Crippen LogP contribution >= 0.6 is 0 Å². The molecule has 106 valence electrons. The van der Waals surface area contributed by atoms with Crippen LogP contribution < -0.4 is 4.74 Å². The minimum absolute atomic E-state index is 0.0935. The second kappa shape index (κ2) is 5.52. The quantitative estimate of drug-likeness (QED) is 0.804. The van der Waals surface area contributed by atoms with Gasteiger partial charge >= 0.3 is 0 Å². The molecule has 0 atom stereocenters. The lowest BCUT2D eigenvalue weighted by atomic mass is 10.1. The van der Waals surface area contributed by atoms with Crippen molar-refractivity contribution in [2.45, 2.75) is 26.4 Å². The number of ether oxygens (including phenoxy) is 1. The van der Waals surface area contributed by atoms with Crippen molar-refractivity contribution < 1.29 is 9.53 Å². The first-order valence-electron chi connectivity index (χ1n) is 7.08. The minimum Gasteiger partial charge on any atom is -0.491 e. The molecule has 1 aromatic carbocycles. The number of nitrogens with zero attached hydrogens (tertiary/aromatic N) is 1. The normalized spacial score (nSPS) is 15.6. The lowest BCUT2D eigenvalue weighted by Crippen LogP contribution is -2.06. The summed E-state index contributed by atoms with van der Waals surface area (Å²) < 4.78 is 5.66. The van der Waals surface area contributed by atoms with E-state index in [1.54, 1.807) is 12.4 Å². The Balaban J connectivity index is 1.90. The number of allylic oxidation sites excluding steroid dienone is 1. The van der Waals surface area contributed by atoms with Crippen molar-refractivity contribution in [3.8, 4) is 5.75 Å². The second-order valence-electron chi connectivity index (χ2n) is 5.44. The molecular weight excluding hydrogens is 262 g/mol. The highest BCUT2D eigenvalue weighted by Crippen LogP contribution is 2.30. The highest BCUT2D eigenvalue weighted by molar-refractivity contribution is 6.15. The van der Waals surface area contributed by atoms with E-state index in [-0.39, 0.29) is 11.9 Å². The number of carbonyl (C=O) groups excluding carboxylic acids is 1. The number of hydrogen-bond donors (Lipinski definition) is 0. The summed E-state index contributed by atoms with van der Waals surface area (Å²) in [6, 6.07) is 9.57. The fourth-order valence-electron chi connectivity index (χ4n) is 2.50. The van der Waals surface area contributed by atoms with Crippen LogP contribution in [0.2, 0.25) is 0 Å². The summed E-state index contributed by atoms with van der Waals surface area (Å²) in [5.41, 5.74) is 3.64. The van der Waals surface area contributed by atoms with E-state index >= 15 is 0 Å². The molecule has 0 fully saturated rings. The average molecular weight is 279 g/mol. The van der Waals surface area contributed by atoms with Crippen LogP contribution in [0.1, 0.15) is 35.3 Å².